The standard InChI is InChI=1S/C16H17BO/c1-16(2)12-8-5-4-7-11(12)15-13(16)9-6-10-14(15)17(3)18/h4-10,18H,1-3H3. The minimum Gasteiger partial charge on any atom is -0.446 e. The fourth-order valence-electron chi connectivity index (χ4n) is 3.13. The minimum absolute atomic E-state index is 0.0246. The van der Waals surface area contributed by atoms with Crippen molar-refractivity contribution in [2.24, 2.45) is 0 Å². The number of fused-ring (bicyclic) bond motifs is 3. The zero-order valence-electron chi connectivity index (χ0n) is 11.1. The van der Waals surface area contributed by atoms with Crippen molar-refractivity contribution in [1.82, 2.24) is 0 Å². The van der Waals surface area contributed by atoms with Gasteiger partial charge in [-0.3, -0.25) is 0 Å². The smallest absolute Gasteiger partial charge is 0.321 e. The zero-order chi connectivity index (χ0) is 12.9. The third kappa shape index (κ3) is 1.39. The summed E-state index contributed by atoms with van der Waals surface area (Å²) >= 11 is 0. The van der Waals surface area contributed by atoms with Gasteiger partial charge in [-0.05, 0) is 27.7 Å². The molecule has 18 heavy (non-hydrogen) atoms. The summed E-state index contributed by atoms with van der Waals surface area (Å²) in [6.07, 6.45) is 0. The zero-order valence-corrected chi connectivity index (χ0v) is 11.1. The van der Waals surface area contributed by atoms with E-state index in [0.29, 0.717) is 0 Å². The first-order valence-electron chi connectivity index (χ1n) is 6.45. The van der Waals surface area contributed by atoms with E-state index in [2.05, 4.69) is 50.2 Å². The summed E-state index contributed by atoms with van der Waals surface area (Å²) in [4.78, 5) is 0. The van der Waals surface area contributed by atoms with Crippen molar-refractivity contribution in [2.75, 3.05) is 0 Å². The maximum absolute atomic E-state index is 9.98. The summed E-state index contributed by atoms with van der Waals surface area (Å²) in [5.74, 6) is 0. The maximum Gasteiger partial charge on any atom is 0.321 e. The molecule has 1 N–H and O–H groups in total. The molecular formula is C16H17BO. The van der Waals surface area contributed by atoms with Crippen LogP contribution >= 0.6 is 0 Å². The van der Waals surface area contributed by atoms with E-state index in [4.69, 9.17) is 0 Å². The first-order valence-corrected chi connectivity index (χ1v) is 6.45. The van der Waals surface area contributed by atoms with Gasteiger partial charge >= 0.3 is 6.92 Å². The van der Waals surface area contributed by atoms with Crippen LogP contribution in [0.4, 0.5) is 0 Å². The first kappa shape index (κ1) is 11.5. The highest BCUT2D eigenvalue weighted by molar-refractivity contribution is 6.66. The number of rotatable bonds is 1. The van der Waals surface area contributed by atoms with Crippen molar-refractivity contribution in [3.05, 3.63) is 53.6 Å². The lowest BCUT2D eigenvalue weighted by Gasteiger charge is -2.21. The summed E-state index contributed by atoms with van der Waals surface area (Å²) in [5.41, 5.74) is 6.24. The highest BCUT2D eigenvalue weighted by Crippen LogP contribution is 2.47. The van der Waals surface area contributed by atoms with E-state index < -0.39 is 6.92 Å². The summed E-state index contributed by atoms with van der Waals surface area (Å²) in [6, 6.07) is 14.8. The summed E-state index contributed by atoms with van der Waals surface area (Å²) in [6.45, 7) is 5.91. The lowest BCUT2D eigenvalue weighted by molar-refractivity contribution is 0.594. The fraction of sp³-hybridized carbons (Fsp3) is 0.250. The van der Waals surface area contributed by atoms with Gasteiger partial charge < -0.3 is 5.02 Å². The van der Waals surface area contributed by atoms with Crippen LogP contribution in [-0.4, -0.2) is 11.9 Å². The Balaban J connectivity index is 2.40. The van der Waals surface area contributed by atoms with Gasteiger partial charge in [0.1, 0.15) is 0 Å². The van der Waals surface area contributed by atoms with Gasteiger partial charge in [0.2, 0.25) is 0 Å². The quantitative estimate of drug-likeness (QED) is 0.755. The van der Waals surface area contributed by atoms with Crippen molar-refractivity contribution in [2.45, 2.75) is 26.1 Å². The van der Waals surface area contributed by atoms with Crippen LogP contribution in [0.2, 0.25) is 6.82 Å². The third-order valence-corrected chi connectivity index (χ3v) is 4.09. The average molecular weight is 236 g/mol. The molecule has 3 rings (SSSR count). The van der Waals surface area contributed by atoms with Crippen LogP contribution in [0.3, 0.4) is 0 Å². The lowest BCUT2D eigenvalue weighted by atomic mass is 9.61. The van der Waals surface area contributed by atoms with Crippen LogP contribution in [0, 0.1) is 0 Å². The number of benzene rings is 2. The van der Waals surface area contributed by atoms with Gasteiger partial charge in [0.15, 0.2) is 0 Å². The van der Waals surface area contributed by atoms with E-state index in [9.17, 15) is 5.02 Å². The second-order valence-corrected chi connectivity index (χ2v) is 5.62. The van der Waals surface area contributed by atoms with E-state index in [-0.39, 0.29) is 5.41 Å². The molecule has 0 unspecified atom stereocenters. The molecular weight excluding hydrogens is 219 g/mol. The summed E-state index contributed by atoms with van der Waals surface area (Å²) in [7, 11) is 0. The van der Waals surface area contributed by atoms with Crippen LogP contribution in [-0.2, 0) is 5.41 Å². The highest BCUT2D eigenvalue weighted by Gasteiger charge is 2.36. The summed E-state index contributed by atoms with van der Waals surface area (Å²) in [5, 5.41) is 9.98. The Kier molecular flexibility index (Phi) is 2.39. The van der Waals surface area contributed by atoms with Gasteiger partial charge in [-0.25, -0.2) is 0 Å². The van der Waals surface area contributed by atoms with Gasteiger partial charge in [-0.1, -0.05) is 63.1 Å². The second-order valence-electron chi connectivity index (χ2n) is 5.62. The molecule has 0 radical (unpaired) electrons. The molecule has 0 spiro atoms. The van der Waals surface area contributed by atoms with Crippen molar-refractivity contribution >= 4 is 12.4 Å². The van der Waals surface area contributed by atoms with Crippen molar-refractivity contribution in [3.63, 3.8) is 0 Å². The molecule has 2 aromatic rings. The molecule has 1 aliphatic rings. The Morgan fingerprint density at radius 2 is 1.61 bits per heavy atom. The molecule has 0 heterocycles. The van der Waals surface area contributed by atoms with Gasteiger partial charge in [0.25, 0.3) is 0 Å². The molecule has 90 valence electrons. The van der Waals surface area contributed by atoms with Crippen LogP contribution in [0.1, 0.15) is 25.0 Å². The van der Waals surface area contributed by atoms with Gasteiger partial charge in [-0.2, -0.15) is 0 Å². The van der Waals surface area contributed by atoms with Crippen LogP contribution in [0.15, 0.2) is 42.5 Å². The molecule has 0 amide bonds. The monoisotopic (exact) mass is 236 g/mol. The molecule has 2 heteroatoms. The molecule has 1 aliphatic carbocycles. The van der Waals surface area contributed by atoms with E-state index in [1.807, 2.05) is 12.9 Å². The highest BCUT2D eigenvalue weighted by atomic mass is 16.2. The molecule has 2 aromatic carbocycles. The number of hydrogen-bond acceptors (Lipinski definition) is 1. The molecule has 0 aromatic heterocycles. The van der Waals surface area contributed by atoms with E-state index in [1.165, 1.54) is 22.3 Å². The van der Waals surface area contributed by atoms with Crippen LogP contribution in [0.25, 0.3) is 11.1 Å². The Bertz CT molecular complexity index is 614. The molecule has 0 bridgehead atoms. The van der Waals surface area contributed by atoms with Gasteiger partial charge in [0.05, 0.1) is 0 Å². The molecule has 0 saturated carbocycles. The van der Waals surface area contributed by atoms with Crippen molar-refractivity contribution in [3.8, 4) is 11.1 Å². The van der Waals surface area contributed by atoms with Gasteiger partial charge in [-0.15, -0.1) is 0 Å². The van der Waals surface area contributed by atoms with E-state index >= 15 is 0 Å². The van der Waals surface area contributed by atoms with Gasteiger partial charge in [0, 0.05) is 5.41 Å². The topological polar surface area (TPSA) is 20.2 Å². The molecule has 0 fully saturated rings. The Hall–Kier alpha value is -1.54. The Morgan fingerprint density at radius 3 is 2.33 bits per heavy atom. The van der Waals surface area contributed by atoms with E-state index in [0.717, 1.165) is 5.46 Å². The van der Waals surface area contributed by atoms with Crippen molar-refractivity contribution < 1.29 is 5.02 Å². The molecule has 1 nitrogen and oxygen atoms in total. The SMILES string of the molecule is CB(O)c1cccc2c1-c1ccccc1C2(C)C. The number of hydrogen-bond donors (Lipinski definition) is 1. The third-order valence-electron chi connectivity index (χ3n) is 4.09. The summed E-state index contributed by atoms with van der Waals surface area (Å²) < 4.78 is 0. The first-order chi connectivity index (χ1) is 8.53. The molecule has 0 aliphatic heterocycles. The predicted molar refractivity (Wildman–Crippen MR) is 77.5 cm³/mol. The Labute approximate surface area is 109 Å². The molecule has 0 atom stereocenters. The fourth-order valence-corrected chi connectivity index (χ4v) is 3.13. The van der Waals surface area contributed by atoms with Crippen molar-refractivity contribution in [1.29, 1.82) is 0 Å². The predicted octanol–water partition coefficient (Wildman–Crippen LogP) is 2.81. The van der Waals surface area contributed by atoms with Crippen LogP contribution < -0.4 is 5.46 Å². The average Bonchev–Trinajstić information content (AvgIpc) is 2.59. The maximum atomic E-state index is 9.98. The van der Waals surface area contributed by atoms with E-state index in [1.54, 1.807) is 0 Å². The van der Waals surface area contributed by atoms with Crippen LogP contribution in [0.5, 0.6) is 0 Å². The second kappa shape index (κ2) is 3.73. The largest absolute Gasteiger partial charge is 0.446 e. The minimum atomic E-state index is -0.429. The Morgan fingerprint density at radius 1 is 0.944 bits per heavy atom. The molecule has 0 saturated heterocycles. The lowest BCUT2D eigenvalue weighted by Crippen LogP contribution is -2.29. The normalized spacial score (nSPS) is 15.1.